The van der Waals surface area contributed by atoms with Crippen molar-refractivity contribution in [2.45, 2.75) is 52.0 Å². The molecule has 1 aromatic heterocycles. The molecule has 0 amide bonds. The van der Waals surface area contributed by atoms with Crippen molar-refractivity contribution in [3.05, 3.63) is 20.8 Å². The molecule has 0 radical (unpaired) electrons. The van der Waals surface area contributed by atoms with Crippen LogP contribution >= 0.6 is 27.3 Å². The van der Waals surface area contributed by atoms with E-state index in [1.807, 2.05) is 11.3 Å². The maximum Gasteiger partial charge on any atom is 0.0314 e. The van der Waals surface area contributed by atoms with Crippen LogP contribution in [-0.4, -0.2) is 6.04 Å². The third-order valence-electron chi connectivity index (χ3n) is 4.48. The molecule has 1 fully saturated rings. The van der Waals surface area contributed by atoms with E-state index in [1.54, 1.807) is 0 Å². The second-order valence-electron chi connectivity index (χ2n) is 5.98. The number of halogens is 1. The lowest BCUT2D eigenvalue weighted by Gasteiger charge is -2.33. The van der Waals surface area contributed by atoms with E-state index in [0.717, 1.165) is 24.2 Å². The highest BCUT2D eigenvalue weighted by atomic mass is 79.9. The molecule has 1 aromatic rings. The first-order chi connectivity index (χ1) is 8.58. The monoisotopic (exact) mass is 329 g/mol. The molecule has 1 atom stereocenters. The molecule has 0 bridgehead atoms. The van der Waals surface area contributed by atoms with Gasteiger partial charge < -0.3 is 5.73 Å². The zero-order valence-corrected chi connectivity index (χ0v) is 13.8. The van der Waals surface area contributed by atoms with Crippen molar-refractivity contribution in [2.24, 2.45) is 23.5 Å². The molecular weight excluding hydrogens is 306 g/mol. The van der Waals surface area contributed by atoms with Crippen molar-refractivity contribution >= 4 is 27.3 Å². The van der Waals surface area contributed by atoms with E-state index in [4.69, 9.17) is 5.73 Å². The van der Waals surface area contributed by atoms with Gasteiger partial charge in [-0.05, 0) is 77.2 Å². The minimum atomic E-state index is 0.341. The van der Waals surface area contributed by atoms with Crippen molar-refractivity contribution in [3.8, 4) is 0 Å². The van der Waals surface area contributed by atoms with Gasteiger partial charge in [0.05, 0.1) is 0 Å². The fourth-order valence-electron chi connectivity index (χ4n) is 3.09. The summed E-state index contributed by atoms with van der Waals surface area (Å²) in [5, 5.41) is 2.14. The fourth-order valence-corrected chi connectivity index (χ4v) is 4.68. The Morgan fingerprint density at radius 1 is 1.28 bits per heavy atom. The summed E-state index contributed by atoms with van der Waals surface area (Å²) in [5.74, 6) is 2.50. The Balaban J connectivity index is 1.84. The van der Waals surface area contributed by atoms with Crippen LogP contribution in [0, 0.1) is 17.8 Å². The number of hydrogen-bond acceptors (Lipinski definition) is 2. The average molecular weight is 330 g/mol. The molecule has 3 heteroatoms. The lowest BCUT2D eigenvalue weighted by atomic mass is 9.74. The Hall–Kier alpha value is 0.140. The van der Waals surface area contributed by atoms with Crippen molar-refractivity contribution in [3.63, 3.8) is 0 Å². The first-order valence-corrected chi connectivity index (χ1v) is 8.72. The summed E-state index contributed by atoms with van der Waals surface area (Å²) in [6.45, 7) is 4.71. The number of nitrogens with two attached hydrogens (primary N) is 1. The highest BCUT2D eigenvalue weighted by molar-refractivity contribution is 9.10. The van der Waals surface area contributed by atoms with Crippen LogP contribution in [-0.2, 0) is 6.42 Å². The molecular formula is C15H24BrNS. The summed E-state index contributed by atoms with van der Waals surface area (Å²) >= 11 is 5.42. The molecule has 1 aliphatic carbocycles. The summed E-state index contributed by atoms with van der Waals surface area (Å²) in [6, 6.07) is 2.47. The molecule has 0 spiro atoms. The smallest absolute Gasteiger partial charge is 0.0314 e. The lowest BCUT2D eigenvalue weighted by molar-refractivity contribution is 0.203. The Morgan fingerprint density at radius 3 is 2.39 bits per heavy atom. The maximum atomic E-state index is 6.42. The minimum absolute atomic E-state index is 0.341. The largest absolute Gasteiger partial charge is 0.327 e. The molecule has 1 heterocycles. The number of hydrogen-bond donors (Lipinski definition) is 1. The third-order valence-corrected chi connectivity index (χ3v) is 6.43. The predicted molar refractivity (Wildman–Crippen MR) is 84.0 cm³/mol. The van der Waals surface area contributed by atoms with Gasteiger partial charge in [0.2, 0.25) is 0 Å². The fraction of sp³-hybridized carbons (Fsp3) is 0.733. The maximum absolute atomic E-state index is 6.42. The average Bonchev–Trinajstić information content (AvgIpc) is 2.75. The molecule has 0 aliphatic heterocycles. The van der Waals surface area contributed by atoms with Crippen LogP contribution < -0.4 is 5.73 Å². The first kappa shape index (κ1) is 14.5. The SMILES string of the molecule is CC(C)C1CCC(C(N)Cc2sccc2Br)CC1. The Bertz CT molecular complexity index is 366. The lowest BCUT2D eigenvalue weighted by Crippen LogP contribution is -2.35. The van der Waals surface area contributed by atoms with Crippen LogP contribution in [0.1, 0.15) is 44.4 Å². The van der Waals surface area contributed by atoms with E-state index < -0.39 is 0 Å². The van der Waals surface area contributed by atoms with Crippen molar-refractivity contribution in [2.75, 3.05) is 0 Å². The van der Waals surface area contributed by atoms with Gasteiger partial charge >= 0.3 is 0 Å². The van der Waals surface area contributed by atoms with E-state index in [-0.39, 0.29) is 0 Å². The molecule has 0 saturated heterocycles. The molecule has 1 aliphatic rings. The van der Waals surface area contributed by atoms with Gasteiger partial charge in [-0.1, -0.05) is 13.8 Å². The summed E-state index contributed by atoms with van der Waals surface area (Å²) in [7, 11) is 0. The zero-order valence-electron chi connectivity index (χ0n) is 11.4. The van der Waals surface area contributed by atoms with Gasteiger partial charge in [-0.15, -0.1) is 11.3 Å². The van der Waals surface area contributed by atoms with Crippen LogP contribution in [0.3, 0.4) is 0 Å². The third kappa shape index (κ3) is 3.58. The van der Waals surface area contributed by atoms with Crippen molar-refractivity contribution in [1.29, 1.82) is 0 Å². The standard InChI is InChI=1S/C15H24BrNS/c1-10(2)11-3-5-12(6-4-11)14(17)9-15-13(16)7-8-18-15/h7-8,10-12,14H,3-6,9,17H2,1-2H3. The first-order valence-electron chi connectivity index (χ1n) is 7.05. The van der Waals surface area contributed by atoms with Gasteiger partial charge in [0.1, 0.15) is 0 Å². The molecule has 1 nitrogen and oxygen atoms in total. The molecule has 18 heavy (non-hydrogen) atoms. The molecule has 2 N–H and O–H groups in total. The van der Waals surface area contributed by atoms with E-state index in [2.05, 4.69) is 41.2 Å². The molecule has 1 saturated carbocycles. The van der Waals surface area contributed by atoms with Gasteiger partial charge in [-0.25, -0.2) is 0 Å². The summed E-state index contributed by atoms with van der Waals surface area (Å²) in [6.07, 6.45) is 6.44. The van der Waals surface area contributed by atoms with Gasteiger partial charge in [-0.3, -0.25) is 0 Å². The van der Waals surface area contributed by atoms with Gasteiger partial charge in [0.15, 0.2) is 0 Å². The Labute approximate surface area is 123 Å². The molecule has 1 unspecified atom stereocenters. The van der Waals surface area contributed by atoms with Crippen LogP contribution in [0.15, 0.2) is 15.9 Å². The summed E-state index contributed by atoms with van der Waals surface area (Å²) in [5.41, 5.74) is 6.42. The Kier molecular flexibility index (Phi) is 5.28. The van der Waals surface area contributed by atoms with Gasteiger partial charge in [0, 0.05) is 15.4 Å². The molecule has 0 aromatic carbocycles. The zero-order chi connectivity index (χ0) is 13.1. The normalized spacial score (nSPS) is 26.5. The topological polar surface area (TPSA) is 26.0 Å². The van der Waals surface area contributed by atoms with E-state index >= 15 is 0 Å². The number of rotatable bonds is 4. The van der Waals surface area contributed by atoms with Crippen LogP contribution in [0.4, 0.5) is 0 Å². The molecule has 102 valence electrons. The van der Waals surface area contributed by atoms with E-state index in [9.17, 15) is 0 Å². The summed E-state index contributed by atoms with van der Waals surface area (Å²) < 4.78 is 1.24. The van der Waals surface area contributed by atoms with E-state index in [1.165, 1.54) is 35.0 Å². The van der Waals surface area contributed by atoms with E-state index in [0.29, 0.717) is 6.04 Å². The van der Waals surface area contributed by atoms with Crippen LogP contribution in [0.5, 0.6) is 0 Å². The highest BCUT2D eigenvalue weighted by Gasteiger charge is 2.27. The molecule has 2 rings (SSSR count). The summed E-state index contributed by atoms with van der Waals surface area (Å²) in [4.78, 5) is 1.41. The number of thiophene rings is 1. The van der Waals surface area contributed by atoms with Crippen molar-refractivity contribution in [1.82, 2.24) is 0 Å². The second-order valence-corrected chi connectivity index (χ2v) is 7.83. The Morgan fingerprint density at radius 2 is 1.89 bits per heavy atom. The van der Waals surface area contributed by atoms with Crippen LogP contribution in [0.25, 0.3) is 0 Å². The quantitative estimate of drug-likeness (QED) is 0.840. The van der Waals surface area contributed by atoms with Crippen LogP contribution in [0.2, 0.25) is 0 Å². The second kappa shape index (κ2) is 6.53. The van der Waals surface area contributed by atoms with Gasteiger partial charge in [0.25, 0.3) is 0 Å². The highest BCUT2D eigenvalue weighted by Crippen LogP contribution is 2.35. The minimum Gasteiger partial charge on any atom is -0.327 e. The predicted octanol–water partition coefficient (Wildman–Crippen LogP) is 4.84. The van der Waals surface area contributed by atoms with Crippen molar-refractivity contribution < 1.29 is 0 Å². The van der Waals surface area contributed by atoms with Gasteiger partial charge in [-0.2, -0.15) is 0 Å².